The van der Waals surface area contributed by atoms with Crippen LogP contribution in [0.25, 0.3) is 0 Å². The SMILES string of the molecule is Cc1ccc(CN2C[C@H]3C[C@H](CN(C)C)O[C@H]3C2)o1. The second-order valence-corrected chi connectivity index (χ2v) is 6.26. The molecule has 0 aliphatic carbocycles. The summed E-state index contributed by atoms with van der Waals surface area (Å²) in [7, 11) is 4.23. The van der Waals surface area contributed by atoms with Gasteiger partial charge in [-0.1, -0.05) is 0 Å². The maximum absolute atomic E-state index is 6.16. The number of nitrogens with zero attached hydrogens (tertiary/aromatic N) is 2. The van der Waals surface area contributed by atoms with Gasteiger partial charge in [-0.05, 0) is 39.6 Å². The Morgan fingerprint density at radius 1 is 1.32 bits per heavy atom. The Balaban J connectivity index is 1.51. The van der Waals surface area contributed by atoms with E-state index in [-0.39, 0.29) is 0 Å². The summed E-state index contributed by atoms with van der Waals surface area (Å²) in [5.41, 5.74) is 0. The van der Waals surface area contributed by atoms with Crippen LogP contribution in [0.2, 0.25) is 0 Å². The van der Waals surface area contributed by atoms with Crippen LogP contribution in [0.4, 0.5) is 0 Å². The van der Waals surface area contributed by atoms with E-state index in [1.807, 2.05) is 13.0 Å². The molecule has 3 heterocycles. The zero-order valence-corrected chi connectivity index (χ0v) is 12.1. The van der Waals surface area contributed by atoms with Gasteiger partial charge >= 0.3 is 0 Å². The van der Waals surface area contributed by atoms with E-state index in [4.69, 9.17) is 9.15 Å². The second kappa shape index (κ2) is 5.27. The van der Waals surface area contributed by atoms with Gasteiger partial charge < -0.3 is 14.1 Å². The third kappa shape index (κ3) is 3.02. The highest BCUT2D eigenvalue weighted by Gasteiger charge is 2.41. The predicted octanol–water partition coefficient (Wildman–Crippen LogP) is 1.74. The standard InChI is InChI=1S/C15H24N2O2/c1-11-4-5-13(18-11)9-17-7-12-6-14(8-16(2)3)19-15(12)10-17/h4-5,12,14-15H,6-10H2,1-3H3/t12-,14-,15+/m1/s1. The molecule has 0 N–H and O–H groups in total. The minimum absolute atomic E-state index is 0.429. The molecular weight excluding hydrogens is 240 g/mol. The lowest BCUT2D eigenvalue weighted by Crippen LogP contribution is -2.29. The van der Waals surface area contributed by atoms with Crippen molar-refractivity contribution in [3.8, 4) is 0 Å². The topological polar surface area (TPSA) is 28.9 Å². The van der Waals surface area contributed by atoms with Gasteiger partial charge in [-0.15, -0.1) is 0 Å². The number of hydrogen-bond acceptors (Lipinski definition) is 4. The first-order chi connectivity index (χ1) is 9.10. The van der Waals surface area contributed by atoms with Gasteiger partial charge in [0.2, 0.25) is 0 Å². The number of aryl methyl sites for hydroxylation is 1. The van der Waals surface area contributed by atoms with E-state index >= 15 is 0 Å². The minimum atomic E-state index is 0.429. The summed E-state index contributed by atoms with van der Waals surface area (Å²) in [5.74, 6) is 2.78. The fraction of sp³-hybridized carbons (Fsp3) is 0.733. The normalized spacial score (nSPS) is 31.3. The molecule has 4 nitrogen and oxygen atoms in total. The molecular formula is C15H24N2O2. The Hall–Kier alpha value is -0.840. The highest BCUT2D eigenvalue weighted by molar-refractivity contribution is 5.06. The van der Waals surface area contributed by atoms with Crippen molar-refractivity contribution in [1.82, 2.24) is 9.80 Å². The molecule has 3 atom stereocenters. The first-order valence-corrected chi connectivity index (χ1v) is 7.18. The smallest absolute Gasteiger partial charge is 0.118 e. The molecule has 19 heavy (non-hydrogen) atoms. The zero-order valence-electron chi connectivity index (χ0n) is 12.1. The summed E-state index contributed by atoms with van der Waals surface area (Å²) in [5, 5.41) is 0. The molecule has 2 aliphatic rings. The maximum Gasteiger partial charge on any atom is 0.118 e. The first-order valence-electron chi connectivity index (χ1n) is 7.18. The minimum Gasteiger partial charge on any atom is -0.465 e. The van der Waals surface area contributed by atoms with Crippen molar-refractivity contribution in [3.63, 3.8) is 0 Å². The van der Waals surface area contributed by atoms with Crippen molar-refractivity contribution in [1.29, 1.82) is 0 Å². The van der Waals surface area contributed by atoms with Gasteiger partial charge in [-0.3, -0.25) is 4.90 Å². The average Bonchev–Trinajstić information content (AvgIpc) is 2.93. The maximum atomic E-state index is 6.16. The van der Waals surface area contributed by atoms with Gasteiger partial charge in [0, 0.05) is 25.6 Å². The van der Waals surface area contributed by atoms with Gasteiger partial charge in [0.15, 0.2) is 0 Å². The molecule has 2 fully saturated rings. The quantitative estimate of drug-likeness (QED) is 0.828. The summed E-state index contributed by atoms with van der Waals surface area (Å²) in [6.45, 7) is 6.16. The van der Waals surface area contributed by atoms with Crippen molar-refractivity contribution in [3.05, 3.63) is 23.7 Å². The Bertz CT molecular complexity index is 416. The fourth-order valence-electron chi connectivity index (χ4n) is 3.39. The van der Waals surface area contributed by atoms with Crippen LogP contribution in [-0.4, -0.2) is 55.7 Å². The number of furan rings is 1. The summed E-state index contributed by atoms with van der Waals surface area (Å²) in [6.07, 6.45) is 2.07. The predicted molar refractivity (Wildman–Crippen MR) is 74.0 cm³/mol. The summed E-state index contributed by atoms with van der Waals surface area (Å²) >= 11 is 0. The second-order valence-electron chi connectivity index (χ2n) is 6.26. The van der Waals surface area contributed by atoms with E-state index in [1.165, 1.54) is 6.42 Å². The van der Waals surface area contributed by atoms with Crippen LogP contribution in [-0.2, 0) is 11.3 Å². The van der Waals surface area contributed by atoms with Crippen molar-refractivity contribution in [2.45, 2.75) is 32.1 Å². The van der Waals surface area contributed by atoms with Gasteiger partial charge in [0.05, 0.1) is 18.8 Å². The van der Waals surface area contributed by atoms with E-state index in [1.54, 1.807) is 0 Å². The fourth-order valence-corrected chi connectivity index (χ4v) is 3.39. The van der Waals surface area contributed by atoms with E-state index in [2.05, 4.69) is 30.0 Å². The summed E-state index contributed by atoms with van der Waals surface area (Å²) in [4.78, 5) is 4.68. The van der Waals surface area contributed by atoms with Crippen LogP contribution >= 0.6 is 0 Å². The molecule has 0 radical (unpaired) electrons. The Morgan fingerprint density at radius 2 is 2.16 bits per heavy atom. The van der Waals surface area contributed by atoms with Crippen LogP contribution < -0.4 is 0 Å². The van der Waals surface area contributed by atoms with Crippen molar-refractivity contribution in [2.24, 2.45) is 5.92 Å². The van der Waals surface area contributed by atoms with Crippen LogP contribution in [0, 0.1) is 12.8 Å². The first kappa shape index (κ1) is 13.2. The Kier molecular flexibility index (Phi) is 3.65. The number of ether oxygens (including phenoxy) is 1. The molecule has 106 valence electrons. The van der Waals surface area contributed by atoms with E-state index in [0.717, 1.165) is 37.7 Å². The molecule has 0 amide bonds. The summed E-state index contributed by atoms with van der Waals surface area (Å²) < 4.78 is 11.8. The molecule has 0 unspecified atom stereocenters. The number of likely N-dealkylation sites (N-methyl/N-ethyl adjacent to an activating group) is 1. The van der Waals surface area contributed by atoms with Crippen LogP contribution in [0.5, 0.6) is 0 Å². The highest BCUT2D eigenvalue weighted by Crippen LogP contribution is 2.33. The van der Waals surface area contributed by atoms with Crippen molar-refractivity contribution < 1.29 is 9.15 Å². The third-order valence-corrected chi connectivity index (χ3v) is 4.13. The molecule has 0 saturated carbocycles. The van der Waals surface area contributed by atoms with Crippen molar-refractivity contribution in [2.75, 3.05) is 33.7 Å². The highest BCUT2D eigenvalue weighted by atomic mass is 16.5. The van der Waals surface area contributed by atoms with Gasteiger partial charge in [0.25, 0.3) is 0 Å². The monoisotopic (exact) mass is 264 g/mol. The lowest BCUT2D eigenvalue weighted by Gasteiger charge is -2.20. The lowest BCUT2D eigenvalue weighted by atomic mass is 10.0. The molecule has 0 spiro atoms. The largest absolute Gasteiger partial charge is 0.465 e. The molecule has 2 saturated heterocycles. The molecule has 3 rings (SSSR count). The zero-order chi connectivity index (χ0) is 13.4. The molecule has 1 aromatic rings. The number of rotatable bonds is 4. The van der Waals surface area contributed by atoms with E-state index < -0.39 is 0 Å². The molecule has 0 aromatic carbocycles. The third-order valence-electron chi connectivity index (χ3n) is 4.13. The molecule has 0 bridgehead atoms. The van der Waals surface area contributed by atoms with Gasteiger partial charge in [-0.2, -0.15) is 0 Å². The Morgan fingerprint density at radius 3 is 2.79 bits per heavy atom. The lowest BCUT2D eigenvalue weighted by molar-refractivity contribution is 0.0245. The van der Waals surface area contributed by atoms with Gasteiger partial charge in [-0.25, -0.2) is 0 Å². The van der Waals surface area contributed by atoms with Gasteiger partial charge in [0.1, 0.15) is 11.5 Å². The summed E-state index contributed by atoms with van der Waals surface area (Å²) in [6, 6.07) is 4.12. The number of hydrogen-bond donors (Lipinski definition) is 0. The number of fused-ring (bicyclic) bond motifs is 1. The van der Waals surface area contributed by atoms with Crippen LogP contribution in [0.15, 0.2) is 16.5 Å². The van der Waals surface area contributed by atoms with Crippen LogP contribution in [0.3, 0.4) is 0 Å². The van der Waals surface area contributed by atoms with E-state index in [0.29, 0.717) is 18.1 Å². The average molecular weight is 264 g/mol. The number of likely N-dealkylation sites (tertiary alicyclic amines) is 1. The Labute approximate surface area is 115 Å². The molecule has 2 aliphatic heterocycles. The van der Waals surface area contributed by atoms with E-state index in [9.17, 15) is 0 Å². The van der Waals surface area contributed by atoms with Crippen molar-refractivity contribution >= 4 is 0 Å². The molecule has 4 heteroatoms. The molecule has 1 aromatic heterocycles. The van der Waals surface area contributed by atoms with Crippen LogP contribution in [0.1, 0.15) is 17.9 Å².